The van der Waals surface area contributed by atoms with Crippen molar-refractivity contribution in [3.05, 3.63) is 54.1 Å². The molecule has 0 saturated carbocycles. The van der Waals surface area contributed by atoms with Crippen LogP contribution in [0.1, 0.15) is 43.5 Å². The first-order valence-electron chi connectivity index (χ1n) is 11.8. The lowest BCUT2D eigenvalue weighted by molar-refractivity contribution is -0.139. The topological polar surface area (TPSA) is 71.1 Å². The van der Waals surface area contributed by atoms with E-state index in [1.165, 1.54) is 0 Å². The van der Waals surface area contributed by atoms with Gasteiger partial charge in [0.25, 0.3) is 11.8 Å². The Morgan fingerprint density at radius 3 is 2.36 bits per heavy atom. The second kappa shape index (κ2) is 10.7. The molecule has 2 aromatic carbocycles. The molecular formula is C26H33N3O4. The molecule has 2 aliphatic heterocycles. The minimum absolute atomic E-state index is 0.00709. The van der Waals surface area contributed by atoms with Crippen LogP contribution in [0.25, 0.3) is 0 Å². The van der Waals surface area contributed by atoms with Gasteiger partial charge >= 0.3 is 0 Å². The molecular weight excluding hydrogens is 418 g/mol. The largest absolute Gasteiger partial charge is 0.484 e. The monoisotopic (exact) mass is 451 g/mol. The number of para-hydroxylation sites is 2. The van der Waals surface area contributed by atoms with Crippen LogP contribution in [-0.4, -0.2) is 61.7 Å². The van der Waals surface area contributed by atoms with E-state index >= 15 is 0 Å². The van der Waals surface area contributed by atoms with Crippen LogP contribution in [0, 0.1) is 0 Å². The molecule has 2 atom stereocenters. The summed E-state index contributed by atoms with van der Waals surface area (Å²) >= 11 is 0. The summed E-state index contributed by atoms with van der Waals surface area (Å²) in [6.45, 7) is 7.16. The molecule has 1 N–H and O–H groups in total. The number of carbonyl (C=O) groups is 2. The first kappa shape index (κ1) is 23.1. The standard InChI is InChI=1S/C26H33N3O4/c1-19-6-5-7-20(2)29(19)25(30)18-33-22-12-10-21(11-13-22)26(31)27-23-8-3-4-9-24(23)28-14-16-32-17-15-28/h3-4,8-13,19-20H,5-7,14-18H2,1-2H3,(H,27,31)/t19-,20+. The highest BCUT2D eigenvalue weighted by Crippen LogP contribution is 2.27. The van der Waals surface area contributed by atoms with Crippen molar-refractivity contribution >= 4 is 23.2 Å². The quantitative estimate of drug-likeness (QED) is 0.720. The highest BCUT2D eigenvalue weighted by molar-refractivity contribution is 6.06. The van der Waals surface area contributed by atoms with E-state index in [0.29, 0.717) is 24.5 Å². The number of anilines is 2. The lowest BCUT2D eigenvalue weighted by Gasteiger charge is -2.38. The van der Waals surface area contributed by atoms with Crippen LogP contribution in [-0.2, 0) is 9.53 Å². The van der Waals surface area contributed by atoms with Gasteiger partial charge in [0.15, 0.2) is 6.61 Å². The highest BCUT2D eigenvalue weighted by Gasteiger charge is 2.29. The summed E-state index contributed by atoms with van der Waals surface area (Å²) in [5.74, 6) is 0.400. The van der Waals surface area contributed by atoms with Gasteiger partial charge in [0, 0.05) is 30.7 Å². The zero-order valence-electron chi connectivity index (χ0n) is 19.5. The average molecular weight is 452 g/mol. The Morgan fingerprint density at radius 1 is 1.00 bits per heavy atom. The van der Waals surface area contributed by atoms with Gasteiger partial charge in [-0.05, 0) is 69.5 Å². The van der Waals surface area contributed by atoms with Gasteiger partial charge in [-0.25, -0.2) is 0 Å². The van der Waals surface area contributed by atoms with E-state index < -0.39 is 0 Å². The Balaban J connectivity index is 1.35. The van der Waals surface area contributed by atoms with E-state index in [-0.39, 0.29) is 30.5 Å². The highest BCUT2D eigenvalue weighted by atomic mass is 16.5. The first-order chi connectivity index (χ1) is 16.0. The molecule has 2 amide bonds. The van der Waals surface area contributed by atoms with Gasteiger partial charge in [-0.2, -0.15) is 0 Å². The molecule has 176 valence electrons. The molecule has 0 aromatic heterocycles. The Morgan fingerprint density at radius 2 is 1.67 bits per heavy atom. The Hall–Kier alpha value is -3.06. The number of hydrogen-bond acceptors (Lipinski definition) is 5. The van der Waals surface area contributed by atoms with Gasteiger partial charge in [-0.3, -0.25) is 9.59 Å². The normalized spacial score (nSPS) is 20.9. The van der Waals surface area contributed by atoms with Crippen molar-refractivity contribution < 1.29 is 19.1 Å². The number of benzene rings is 2. The molecule has 2 fully saturated rings. The second-order valence-electron chi connectivity index (χ2n) is 8.81. The van der Waals surface area contributed by atoms with Gasteiger partial charge < -0.3 is 24.6 Å². The van der Waals surface area contributed by atoms with Gasteiger partial charge in [-0.15, -0.1) is 0 Å². The van der Waals surface area contributed by atoms with E-state index in [2.05, 4.69) is 24.1 Å². The van der Waals surface area contributed by atoms with Gasteiger partial charge in [0.05, 0.1) is 24.6 Å². The fraction of sp³-hybridized carbons (Fsp3) is 0.462. The fourth-order valence-corrected chi connectivity index (χ4v) is 4.69. The molecule has 2 aliphatic rings. The van der Waals surface area contributed by atoms with Crippen molar-refractivity contribution in [2.75, 3.05) is 43.1 Å². The number of morpholine rings is 1. The van der Waals surface area contributed by atoms with E-state index in [1.54, 1.807) is 24.3 Å². The third kappa shape index (κ3) is 5.66. The minimum Gasteiger partial charge on any atom is -0.484 e. The van der Waals surface area contributed by atoms with Crippen LogP contribution in [0.3, 0.4) is 0 Å². The van der Waals surface area contributed by atoms with Gasteiger partial charge in [0.1, 0.15) is 5.75 Å². The molecule has 0 spiro atoms. The summed E-state index contributed by atoms with van der Waals surface area (Å²) < 4.78 is 11.2. The summed E-state index contributed by atoms with van der Waals surface area (Å²) in [6, 6.07) is 15.2. The van der Waals surface area contributed by atoms with Crippen LogP contribution < -0.4 is 15.0 Å². The number of amides is 2. The number of hydrogen-bond donors (Lipinski definition) is 1. The Labute approximate surface area is 195 Å². The number of rotatable bonds is 6. The van der Waals surface area contributed by atoms with Crippen LogP contribution >= 0.6 is 0 Å². The maximum atomic E-state index is 12.8. The molecule has 7 nitrogen and oxygen atoms in total. The summed E-state index contributed by atoms with van der Waals surface area (Å²) in [4.78, 5) is 29.7. The number of nitrogens with one attached hydrogen (secondary N) is 1. The van der Waals surface area contributed by atoms with Gasteiger partial charge in [-0.1, -0.05) is 12.1 Å². The smallest absolute Gasteiger partial charge is 0.260 e. The lowest BCUT2D eigenvalue weighted by atomic mass is 9.97. The summed E-state index contributed by atoms with van der Waals surface area (Å²) in [5.41, 5.74) is 2.30. The molecule has 0 aliphatic carbocycles. The number of ether oxygens (including phenoxy) is 2. The van der Waals surface area contributed by atoms with Crippen molar-refractivity contribution in [1.29, 1.82) is 0 Å². The van der Waals surface area contributed by atoms with Crippen molar-refractivity contribution in [2.45, 2.75) is 45.2 Å². The predicted molar refractivity (Wildman–Crippen MR) is 129 cm³/mol. The van der Waals surface area contributed by atoms with Crippen LogP contribution in [0.2, 0.25) is 0 Å². The van der Waals surface area contributed by atoms with Crippen LogP contribution in [0.15, 0.2) is 48.5 Å². The number of nitrogens with zero attached hydrogens (tertiary/aromatic N) is 2. The summed E-state index contributed by atoms with van der Waals surface area (Å²) in [6.07, 6.45) is 3.23. The third-order valence-corrected chi connectivity index (χ3v) is 6.46. The van der Waals surface area contributed by atoms with Crippen molar-refractivity contribution in [1.82, 2.24) is 4.90 Å². The van der Waals surface area contributed by atoms with Crippen molar-refractivity contribution in [3.8, 4) is 5.75 Å². The maximum Gasteiger partial charge on any atom is 0.260 e. The van der Waals surface area contributed by atoms with Crippen molar-refractivity contribution in [3.63, 3.8) is 0 Å². The van der Waals surface area contributed by atoms with Crippen LogP contribution in [0.5, 0.6) is 5.75 Å². The lowest BCUT2D eigenvalue weighted by Crippen LogP contribution is -2.49. The van der Waals surface area contributed by atoms with Gasteiger partial charge in [0.2, 0.25) is 0 Å². The third-order valence-electron chi connectivity index (χ3n) is 6.46. The maximum absolute atomic E-state index is 12.8. The summed E-state index contributed by atoms with van der Waals surface area (Å²) in [7, 11) is 0. The SMILES string of the molecule is C[C@@H]1CCC[C@H](C)N1C(=O)COc1ccc(C(=O)Nc2ccccc2N2CCOCC2)cc1. The number of likely N-dealkylation sites (tertiary alicyclic amines) is 1. The summed E-state index contributed by atoms with van der Waals surface area (Å²) in [5, 5.41) is 3.02. The Kier molecular flexibility index (Phi) is 7.50. The predicted octanol–water partition coefficient (Wildman–Crippen LogP) is 3.94. The van der Waals surface area contributed by atoms with E-state index in [9.17, 15) is 9.59 Å². The minimum atomic E-state index is -0.186. The molecule has 2 saturated heterocycles. The fourth-order valence-electron chi connectivity index (χ4n) is 4.69. The molecule has 0 unspecified atom stereocenters. The molecule has 2 heterocycles. The molecule has 7 heteroatoms. The molecule has 33 heavy (non-hydrogen) atoms. The molecule has 0 bridgehead atoms. The molecule has 2 aromatic rings. The van der Waals surface area contributed by atoms with Crippen LogP contribution in [0.4, 0.5) is 11.4 Å². The van der Waals surface area contributed by atoms with E-state index in [4.69, 9.17) is 9.47 Å². The zero-order valence-corrected chi connectivity index (χ0v) is 19.5. The molecule has 0 radical (unpaired) electrons. The first-order valence-corrected chi connectivity index (χ1v) is 11.8. The van der Waals surface area contributed by atoms with E-state index in [1.807, 2.05) is 29.2 Å². The molecule has 4 rings (SSSR count). The average Bonchev–Trinajstić information content (AvgIpc) is 2.84. The number of carbonyl (C=O) groups excluding carboxylic acids is 2. The number of piperidine rings is 1. The second-order valence-corrected chi connectivity index (χ2v) is 8.81. The van der Waals surface area contributed by atoms with Crippen molar-refractivity contribution in [2.24, 2.45) is 0 Å². The zero-order chi connectivity index (χ0) is 23.2. The van der Waals surface area contributed by atoms with E-state index in [0.717, 1.165) is 43.7 Å². The Bertz CT molecular complexity index is 946.